The molecule has 1 aromatic rings. The smallest absolute Gasteiger partial charge is 0.122 e. The summed E-state index contributed by atoms with van der Waals surface area (Å²) in [4.78, 5) is 0. The van der Waals surface area contributed by atoms with Gasteiger partial charge in [0.25, 0.3) is 0 Å². The molecular formula is C12H21OP. The van der Waals surface area contributed by atoms with Crippen molar-refractivity contribution in [2.45, 2.75) is 39.5 Å². The lowest BCUT2D eigenvalue weighted by Gasteiger charge is -2.14. The summed E-state index contributed by atoms with van der Waals surface area (Å²) >= 11 is 0. The van der Waals surface area contributed by atoms with Crippen LogP contribution in [0.4, 0.5) is 0 Å². The Morgan fingerprint density at radius 3 is 1.57 bits per heavy atom. The van der Waals surface area contributed by atoms with Gasteiger partial charge in [0.2, 0.25) is 0 Å². The van der Waals surface area contributed by atoms with Crippen molar-refractivity contribution in [3.05, 3.63) is 29.3 Å². The van der Waals surface area contributed by atoms with Gasteiger partial charge in [-0.2, -0.15) is 9.90 Å². The summed E-state index contributed by atoms with van der Waals surface area (Å²) in [5.41, 5.74) is 2.09. The van der Waals surface area contributed by atoms with Crippen molar-refractivity contribution in [3.63, 3.8) is 0 Å². The van der Waals surface area contributed by atoms with Crippen LogP contribution in [0.5, 0.6) is 5.75 Å². The molecule has 0 aliphatic heterocycles. The lowest BCUT2D eigenvalue weighted by molar-refractivity contribution is 0.454. The average molecular weight is 212 g/mol. The molecular weight excluding hydrogens is 191 g/mol. The van der Waals surface area contributed by atoms with Crippen LogP contribution in [0.1, 0.15) is 50.7 Å². The predicted molar refractivity (Wildman–Crippen MR) is 67.4 cm³/mol. The zero-order valence-electron chi connectivity index (χ0n) is 9.54. The average Bonchev–Trinajstić information content (AvgIpc) is 2.03. The van der Waals surface area contributed by atoms with E-state index in [0.717, 1.165) is 11.1 Å². The molecule has 0 aliphatic carbocycles. The van der Waals surface area contributed by atoms with E-state index in [-0.39, 0.29) is 9.90 Å². The van der Waals surface area contributed by atoms with Crippen LogP contribution in [0.15, 0.2) is 18.2 Å². The molecule has 1 N–H and O–H groups in total. The third kappa shape index (κ3) is 2.72. The van der Waals surface area contributed by atoms with Crippen molar-refractivity contribution in [3.8, 4) is 5.75 Å². The van der Waals surface area contributed by atoms with Crippen LogP contribution in [0.2, 0.25) is 0 Å². The monoisotopic (exact) mass is 212 g/mol. The highest BCUT2D eigenvalue weighted by Crippen LogP contribution is 2.32. The molecule has 0 heterocycles. The van der Waals surface area contributed by atoms with Gasteiger partial charge in [0.05, 0.1) is 0 Å². The highest BCUT2D eigenvalue weighted by molar-refractivity contribution is 6.92. The lowest BCUT2D eigenvalue weighted by atomic mass is 9.94. The Bertz CT molecular complexity index is 266. The van der Waals surface area contributed by atoms with Crippen LogP contribution in [0.3, 0.4) is 0 Å². The summed E-state index contributed by atoms with van der Waals surface area (Å²) in [6.07, 6.45) is 0. The maximum Gasteiger partial charge on any atom is 0.122 e. The van der Waals surface area contributed by atoms with Crippen molar-refractivity contribution >= 4 is 9.90 Å². The van der Waals surface area contributed by atoms with Crippen LogP contribution in [0, 0.1) is 0 Å². The van der Waals surface area contributed by atoms with Crippen LogP contribution >= 0.6 is 9.90 Å². The number of aromatic hydroxyl groups is 1. The standard InChI is InChI=1S/C12H18O.H3P/c1-8(2)10-6-5-7-11(9(3)4)12(10)13;/h5-9,13H,1-4H3;1H3. The maximum atomic E-state index is 9.93. The lowest BCUT2D eigenvalue weighted by Crippen LogP contribution is -1.94. The molecule has 0 amide bonds. The van der Waals surface area contributed by atoms with Gasteiger partial charge in [0.1, 0.15) is 5.75 Å². The van der Waals surface area contributed by atoms with Crippen molar-refractivity contribution in [1.82, 2.24) is 0 Å². The topological polar surface area (TPSA) is 20.2 Å². The van der Waals surface area contributed by atoms with E-state index in [2.05, 4.69) is 27.7 Å². The Labute approximate surface area is 90.2 Å². The quantitative estimate of drug-likeness (QED) is 0.741. The summed E-state index contributed by atoms with van der Waals surface area (Å²) < 4.78 is 0. The van der Waals surface area contributed by atoms with E-state index < -0.39 is 0 Å². The Balaban J connectivity index is 0.00000169. The zero-order chi connectivity index (χ0) is 10.0. The number of rotatable bonds is 2. The van der Waals surface area contributed by atoms with Crippen molar-refractivity contribution < 1.29 is 5.11 Å². The van der Waals surface area contributed by atoms with Gasteiger partial charge in [0.15, 0.2) is 0 Å². The number of hydrogen-bond donors (Lipinski definition) is 1. The van der Waals surface area contributed by atoms with E-state index in [0.29, 0.717) is 17.6 Å². The SMILES string of the molecule is CC(C)c1cccc(C(C)C)c1O.P. The van der Waals surface area contributed by atoms with Crippen molar-refractivity contribution in [1.29, 1.82) is 0 Å². The molecule has 14 heavy (non-hydrogen) atoms. The summed E-state index contributed by atoms with van der Waals surface area (Å²) in [5, 5.41) is 9.93. The minimum absolute atomic E-state index is 0. The summed E-state index contributed by atoms with van der Waals surface area (Å²) in [6.45, 7) is 8.39. The molecule has 1 rings (SSSR count). The van der Waals surface area contributed by atoms with Crippen LogP contribution in [0.25, 0.3) is 0 Å². The molecule has 0 radical (unpaired) electrons. The van der Waals surface area contributed by atoms with Gasteiger partial charge >= 0.3 is 0 Å². The minimum atomic E-state index is 0. The van der Waals surface area contributed by atoms with Crippen LogP contribution in [-0.2, 0) is 0 Å². The largest absolute Gasteiger partial charge is 0.507 e. The fraction of sp³-hybridized carbons (Fsp3) is 0.500. The van der Waals surface area contributed by atoms with Crippen molar-refractivity contribution in [2.24, 2.45) is 0 Å². The van der Waals surface area contributed by atoms with Gasteiger partial charge in [-0.05, 0) is 23.0 Å². The molecule has 0 spiro atoms. The fourth-order valence-electron chi connectivity index (χ4n) is 1.51. The molecule has 1 aromatic carbocycles. The number of para-hydroxylation sites is 1. The van der Waals surface area contributed by atoms with Gasteiger partial charge < -0.3 is 5.11 Å². The first-order valence-corrected chi connectivity index (χ1v) is 4.85. The molecule has 0 aromatic heterocycles. The van der Waals surface area contributed by atoms with Gasteiger partial charge in [-0.25, -0.2) is 0 Å². The maximum absolute atomic E-state index is 9.93. The number of phenols is 1. The zero-order valence-corrected chi connectivity index (χ0v) is 11.0. The molecule has 0 saturated heterocycles. The predicted octanol–water partition coefficient (Wildman–Crippen LogP) is 3.70. The van der Waals surface area contributed by atoms with E-state index in [1.54, 1.807) is 0 Å². The number of benzene rings is 1. The second-order valence-electron chi connectivity index (χ2n) is 4.09. The summed E-state index contributed by atoms with van der Waals surface area (Å²) in [5.74, 6) is 1.25. The first-order valence-electron chi connectivity index (χ1n) is 4.85. The number of hydrogen-bond acceptors (Lipinski definition) is 1. The molecule has 2 heteroatoms. The summed E-state index contributed by atoms with van der Waals surface area (Å²) in [7, 11) is 0. The van der Waals surface area contributed by atoms with Crippen LogP contribution in [-0.4, -0.2) is 5.11 Å². The highest BCUT2D eigenvalue weighted by Gasteiger charge is 2.11. The Hall–Kier alpha value is -0.550. The van der Waals surface area contributed by atoms with Gasteiger partial charge in [-0.3, -0.25) is 0 Å². The second kappa shape index (κ2) is 5.36. The first-order chi connectivity index (χ1) is 6.04. The molecule has 0 bridgehead atoms. The molecule has 0 aliphatic rings. The molecule has 0 fully saturated rings. The van der Waals surface area contributed by atoms with E-state index in [4.69, 9.17) is 0 Å². The number of phenolic OH excluding ortho intramolecular Hbond substituents is 1. The third-order valence-electron chi connectivity index (χ3n) is 2.34. The Morgan fingerprint density at radius 2 is 1.29 bits per heavy atom. The van der Waals surface area contributed by atoms with E-state index >= 15 is 0 Å². The van der Waals surface area contributed by atoms with Crippen LogP contribution < -0.4 is 0 Å². The highest BCUT2D eigenvalue weighted by atomic mass is 31.0. The second-order valence-corrected chi connectivity index (χ2v) is 4.09. The van der Waals surface area contributed by atoms with Crippen molar-refractivity contribution in [2.75, 3.05) is 0 Å². The molecule has 1 atom stereocenters. The summed E-state index contributed by atoms with van der Waals surface area (Å²) in [6, 6.07) is 6.00. The molecule has 1 nitrogen and oxygen atoms in total. The van der Waals surface area contributed by atoms with Gasteiger partial charge in [-0.1, -0.05) is 45.9 Å². The van der Waals surface area contributed by atoms with E-state index in [1.165, 1.54) is 0 Å². The van der Waals surface area contributed by atoms with E-state index in [1.807, 2.05) is 18.2 Å². The Morgan fingerprint density at radius 1 is 0.929 bits per heavy atom. The van der Waals surface area contributed by atoms with Gasteiger partial charge in [-0.15, -0.1) is 0 Å². The molecule has 0 saturated carbocycles. The normalized spacial score (nSPS) is 10.4. The minimum Gasteiger partial charge on any atom is -0.507 e. The fourth-order valence-corrected chi connectivity index (χ4v) is 1.51. The third-order valence-corrected chi connectivity index (χ3v) is 2.34. The molecule has 1 unspecified atom stereocenters. The Kier molecular flexibility index (Phi) is 5.15. The van der Waals surface area contributed by atoms with E-state index in [9.17, 15) is 5.11 Å². The first kappa shape index (κ1) is 13.4. The van der Waals surface area contributed by atoms with Gasteiger partial charge in [0, 0.05) is 0 Å². The molecule has 80 valence electrons.